The van der Waals surface area contributed by atoms with Crippen molar-refractivity contribution in [2.45, 2.75) is 11.8 Å². The number of rotatable bonds is 5. The summed E-state index contributed by atoms with van der Waals surface area (Å²) < 4.78 is 27.4. The molecular formula is C15H12BrNO5S. The van der Waals surface area contributed by atoms with Gasteiger partial charge in [0.25, 0.3) is 10.0 Å². The Bertz CT molecular complexity index is 892. The topological polar surface area (TPSA) is 101 Å². The lowest BCUT2D eigenvalue weighted by Gasteiger charge is -2.12. The van der Waals surface area contributed by atoms with Crippen molar-refractivity contribution in [2.75, 3.05) is 4.72 Å². The second kappa shape index (κ2) is 6.51. The van der Waals surface area contributed by atoms with Crippen molar-refractivity contribution in [3.8, 4) is 0 Å². The molecular weight excluding hydrogens is 386 g/mol. The summed E-state index contributed by atoms with van der Waals surface area (Å²) in [7, 11) is -4.03. The summed E-state index contributed by atoms with van der Waals surface area (Å²) in [5, 5.41) is 9.07. The zero-order chi connectivity index (χ0) is 17.2. The number of carboxylic acids is 1. The highest BCUT2D eigenvalue weighted by molar-refractivity contribution is 9.10. The third-order valence-corrected chi connectivity index (χ3v) is 5.08. The van der Waals surface area contributed by atoms with Crippen LogP contribution in [0.2, 0.25) is 0 Å². The Kier molecular flexibility index (Phi) is 4.86. The van der Waals surface area contributed by atoms with Crippen molar-refractivity contribution in [1.29, 1.82) is 0 Å². The van der Waals surface area contributed by atoms with E-state index in [2.05, 4.69) is 20.7 Å². The van der Waals surface area contributed by atoms with Crippen molar-refractivity contribution in [1.82, 2.24) is 0 Å². The van der Waals surface area contributed by atoms with Crippen LogP contribution in [0.25, 0.3) is 0 Å². The Morgan fingerprint density at radius 1 is 1.09 bits per heavy atom. The molecule has 6 nitrogen and oxygen atoms in total. The van der Waals surface area contributed by atoms with E-state index < -0.39 is 16.0 Å². The van der Waals surface area contributed by atoms with E-state index >= 15 is 0 Å². The van der Waals surface area contributed by atoms with Gasteiger partial charge in [-0.2, -0.15) is 0 Å². The van der Waals surface area contributed by atoms with Crippen molar-refractivity contribution in [3.63, 3.8) is 0 Å². The lowest BCUT2D eigenvalue weighted by molar-refractivity contribution is 0.0695. The molecule has 0 aliphatic carbocycles. The molecule has 0 amide bonds. The SMILES string of the molecule is CC(=O)c1ccccc1NS(=O)(=O)c1ccc(Br)c(C(=O)O)c1. The van der Waals surface area contributed by atoms with E-state index in [4.69, 9.17) is 5.11 Å². The van der Waals surface area contributed by atoms with Crippen molar-refractivity contribution < 1.29 is 23.1 Å². The smallest absolute Gasteiger partial charge is 0.336 e. The number of carboxylic acid groups (broad SMARTS) is 1. The molecule has 120 valence electrons. The predicted octanol–water partition coefficient (Wildman–Crippen LogP) is 3.15. The minimum absolute atomic E-state index is 0.139. The van der Waals surface area contributed by atoms with E-state index in [1.54, 1.807) is 12.1 Å². The van der Waals surface area contributed by atoms with Crippen molar-refractivity contribution in [2.24, 2.45) is 0 Å². The molecule has 2 aromatic carbocycles. The Morgan fingerprint density at radius 2 is 1.74 bits per heavy atom. The summed E-state index contributed by atoms with van der Waals surface area (Å²) in [6.07, 6.45) is 0. The van der Waals surface area contributed by atoms with Gasteiger partial charge in [-0.25, -0.2) is 13.2 Å². The van der Waals surface area contributed by atoms with Gasteiger partial charge in [0, 0.05) is 10.0 Å². The van der Waals surface area contributed by atoms with Crippen LogP contribution in [-0.4, -0.2) is 25.3 Å². The number of carbonyl (C=O) groups excluding carboxylic acids is 1. The van der Waals surface area contributed by atoms with Gasteiger partial charge in [0.1, 0.15) is 0 Å². The maximum atomic E-state index is 12.4. The normalized spacial score (nSPS) is 11.0. The quantitative estimate of drug-likeness (QED) is 0.754. The molecule has 2 N–H and O–H groups in total. The molecule has 2 rings (SSSR count). The first kappa shape index (κ1) is 17.2. The largest absolute Gasteiger partial charge is 0.478 e. The van der Waals surface area contributed by atoms with Crippen molar-refractivity contribution >= 4 is 43.4 Å². The number of hydrogen-bond donors (Lipinski definition) is 2. The summed E-state index contributed by atoms with van der Waals surface area (Å²) >= 11 is 3.05. The summed E-state index contributed by atoms with van der Waals surface area (Å²) in [4.78, 5) is 22.5. The minimum atomic E-state index is -4.03. The zero-order valence-electron chi connectivity index (χ0n) is 11.9. The van der Waals surface area contributed by atoms with Gasteiger partial charge in [-0.3, -0.25) is 9.52 Å². The summed E-state index contributed by atoms with van der Waals surface area (Å²) in [6.45, 7) is 1.33. The first-order chi connectivity index (χ1) is 10.7. The van der Waals surface area contributed by atoms with Gasteiger partial charge in [0.2, 0.25) is 0 Å². The third kappa shape index (κ3) is 3.77. The van der Waals surface area contributed by atoms with E-state index in [1.165, 1.54) is 31.2 Å². The van der Waals surface area contributed by atoms with Crippen LogP contribution in [0, 0.1) is 0 Å². The van der Waals surface area contributed by atoms with E-state index in [0.717, 1.165) is 6.07 Å². The van der Waals surface area contributed by atoms with Crippen LogP contribution in [-0.2, 0) is 10.0 Å². The van der Waals surface area contributed by atoms with Gasteiger partial charge in [-0.1, -0.05) is 12.1 Å². The molecule has 0 bridgehead atoms. The fourth-order valence-corrected chi connectivity index (χ4v) is 3.44. The lowest BCUT2D eigenvalue weighted by Crippen LogP contribution is -2.16. The van der Waals surface area contributed by atoms with E-state index in [-0.39, 0.29) is 32.0 Å². The summed E-state index contributed by atoms with van der Waals surface area (Å²) in [5.41, 5.74) is 0.194. The summed E-state index contributed by atoms with van der Waals surface area (Å²) in [6, 6.07) is 9.84. The second-order valence-corrected chi connectivity index (χ2v) is 7.19. The second-order valence-electron chi connectivity index (χ2n) is 4.65. The number of para-hydroxylation sites is 1. The number of benzene rings is 2. The highest BCUT2D eigenvalue weighted by Gasteiger charge is 2.20. The Labute approximate surface area is 141 Å². The monoisotopic (exact) mass is 397 g/mol. The molecule has 0 unspecified atom stereocenters. The molecule has 0 aliphatic heterocycles. The lowest BCUT2D eigenvalue weighted by atomic mass is 10.1. The number of carbonyl (C=O) groups is 2. The predicted molar refractivity (Wildman–Crippen MR) is 88.4 cm³/mol. The van der Waals surface area contributed by atoms with E-state index in [1.807, 2.05) is 0 Å². The van der Waals surface area contributed by atoms with Crippen LogP contribution < -0.4 is 4.72 Å². The van der Waals surface area contributed by atoms with Crippen LogP contribution in [0.15, 0.2) is 51.8 Å². The fourth-order valence-electron chi connectivity index (χ4n) is 1.92. The summed E-state index contributed by atoms with van der Waals surface area (Å²) in [5.74, 6) is -1.54. The zero-order valence-corrected chi connectivity index (χ0v) is 14.3. The molecule has 0 aliphatic rings. The van der Waals surface area contributed by atoms with Gasteiger partial charge < -0.3 is 5.11 Å². The van der Waals surface area contributed by atoms with Crippen LogP contribution in [0.3, 0.4) is 0 Å². The Balaban J connectivity index is 2.47. The number of aromatic carboxylic acids is 1. The molecule has 23 heavy (non-hydrogen) atoms. The third-order valence-electron chi connectivity index (χ3n) is 3.03. The Morgan fingerprint density at radius 3 is 2.35 bits per heavy atom. The molecule has 0 heterocycles. The number of hydrogen-bond acceptors (Lipinski definition) is 4. The van der Waals surface area contributed by atoms with Gasteiger partial charge in [-0.05, 0) is 53.2 Å². The number of anilines is 1. The van der Waals surface area contributed by atoms with E-state index in [9.17, 15) is 18.0 Å². The molecule has 0 aromatic heterocycles. The van der Waals surface area contributed by atoms with Gasteiger partial charge in [0.15, 0.2) is 5.78 Å². The maximum Gasteiger partial charge on any atom is 0.336 e. The number of Topliss-reactive ketones (excluding diaryl/α,β-unsaturated/α-hetero) is 1. The number of halogens is 1. The molecule has 0 radical (unpaired) electrons. The minimum Gasteiger partial charge on any atom is -0.478 e. The number of sulfonamides is 1. The average molecular weight is 398 g/mol. The van der Waals surface area contributed by atoms with E-state index in [0.29, 0.717) is 0 Å². The fraction of sp³-hybridized carbons (Fsp3) is 0.0667. The highest BCUT2D eigenvalue weighted by Crippen LogP contribution is 2.24. The Hall–Kier alpha value is -2.19. The highest BCUT2D eigenvalue weighted by atomic mass is 79.9. The number of nitrogens with one attached hydrogen (secondary N) is 1. The molecule has 8 heteroatoms. The molecule has 0 fully saturated rings. The standard InChI is InChI=1S/C15H12BrNO5S/c1-9(18)11-4-2-3-5-14(11)17-23(21,22)10-6-7-13(16)12(8-10)15(19)20/h2-8,17H,1H3,(H,19,20). The number of ketones is 1. The maximum absolute atomic E-state index is 12.4. The van der Waals surface area contributed by atoms with Crippen LogP contribution in [0.4, 0.5) is 5.69 Å². The van der Waals surface area contributed by atoms with Gasteiger partial charge in [0.05, 0.1) is 16.1 Å². The average Bonchev–Trinajstić information content (AvgIpc) is 2.47. The van der Waals surface area contributed by atoms with Crippen molar-refractivity contribution in [3.05, 3.63) is 58.1 Å². The van der Waals surface area contributed by atoms with Crippen LogP contribution in [0.1, 0.15) is 27.6 Å². The van der Waals surface area contributed by atoms with Crippen LogP contribution >= 0.6 is 15.9 Å². The molecule has 2 aromatic rings. The molecule has 0 saturated heterocycles. The van der Waals surface area contributed by atoms with Gasteiger partial charge >= 0.3 is 5.97 Å². The van der Waals surface area contributed by atoms with Gasteiger partial charge in [-0.15, -0.1) is 0 Å². The molecule has 0 saturated carbocycles. The molecule has 0 spiro atoms. The van der Waals surface area contributed by atoms with Crippen LogP contribution in [0.5, 0.6) is 0 Å². The first-order valence-corrected chi connectivity index (χ1v) is 8.65. The first-order valence-electron chi connectivity index (χ1n) is 6.38. The molecule has 0 atom stereocenters.